The van der Waals surface area contributed by atoms with Crippen molar-refractivity contribution in [2.75, 3.05) is 6.61 Å². The van der Waals surface area contributed by atoms with E-state index in [0.29, 0.717) is 32.1 Å². The summed E-state index contributed by atoms with van der Waals surface area (Å²) in [7, 11) is 0. The lowest BCUT2D eigenvalue weighted by Crippen LogP contribution is -2.70. The van der Waals surface area contributed by atoms with Crippen LogP contribution < -0.4 is 15.4 Å². The van der Waals surface area contributed by atoms with E-state index in [2.05, 4.69) is 20.6 Å². The van der Waals surface area contributed by atoms with Crippen LogP contribution in [0.4, 0.5) is 4.39 Å². The predicted octanol–water partition coefficient (Wildman–Crippen LogP) is 2.01. The van der Waals surface area contributed by atoms with Gasteiger partial charge in [0.25, 0.3) is 11.8 Å². The fourth-order valence-electron chi connectivity index (χ4n) is 4.42. The number of hydrogen-bond acceptors (Lipinski definition) is 6. The van der Waals surface area contributed by atoms with Crippen LogP contribution in [-0.2, 0) is 4.79 Å². The first-order chi connectivity index (χ1) is 14.8. The summed E-state index contributed by atoms with van der Waals surface area (Å²) in [5.41, 5.74) is -1.07. The highest BCUT2D eigenvalue weighted by Crippen LogP contribution is 2.47. The van der Waals surface area contributed by atoms with E-state index in [-0.39, 0.29) is 34.9 Å². The van der Waals surface area contributed by atoms with Gasteiger partial charge < -0.3 is 20.5 Å². The first kappa shape index (κ1) is 21.5. The molecule has 0 radical (unpaired) electrons. The number of carbonyl (C=O) groups excluding carboxylic acids is 2. The van der Waals surface area contributed by atoms with Crippen LogP contribution in [-0.4, -0.2) is 50.7 Å². The summed E-state index contributed by atoms with van der Waals surface area (Å²) >= 11 is 5.64. The largest absolute Gasteiger partial charge is 0.484 e. The number of hydrogen-bond donors (Lipinski definition) is 3. The zero-order chi connectivity index (χ0) is 22.1. The third kappa shape index (κ3) is 4.47. The molecule has 8 nitrogen and oxygen atoms in total. The number of aliphatic hydroxyl groups is 1. The third-order valence-corrected chi connectivity index (χ3v) is 6.47. The predicted molar refractivity (Wildman–Crippen MR) is 109 cm³/mol. The number of ether oxygens (including phenoxy) is 1. The van der Waals surface area contributed by atoms with Crippen molar-refractivity contribution in [3.8, 4) is 5.75 Å². The molecule has 2 amide bonds. The Balaban J connectivity index is 1.34. The van der Waals surface area contributed by atoms with Gasteiger partial charge >= 0.3 is 0 Å². The number of carbonyl (C=O) groups is 2. The Morgan fingerprint density at radius 3 is 2.65 bits per heavy atom. The molecule has 0 unspecified atom stereocenters. The molecule has 2 aromatic rings. The van der Waals surface area contributed by atoms with E-state index in [1.807, 2.05) is 0 Å². The number of aliphatic hydroxyl groups excluding tert-OH is 1. The zero-order valence-corrected chi connectivity index (χ0v) is 17.4. The standard InChI is InChI=1S/C21H22ClFN4O4/c22-14-2-1-13(9-15(14)23)31-11-18(29)26-20-4-6-21(7-5-20,17(28)10-20)27-19(30)16-3-8-24-12-25-16/h1-3,8-9,12,17,28H,4-7,10-11H2,(H,26,29)(H,27,30)/t17-,20?,21?/m0/s1. The minimum absolute atomic E-state index is 0.0237. The third-order valence-electron chi connectivity index (χ3n) is 6.16. The first-order valence-corrected chi connectivity index (χ1v) is 10.3. The maximum atomic E-state index is 13.5. The van der Waals surface area contributed by atoms with Crippen LogP contribution in [0.5, 0.6) is 5.75 Å². The molecule has 0 aliphatic heterocycles. The highest BCUT2D eigenvalue weighted by atomic mass is 35.5. The molecule has 1 aromatic heterocycles. The van der Waals surface area contributed by atoms with Crippen LogP contribution in [0, 0.1) is 5.82 Å². The van der Waals surface area contributed by atoms with Crippen molar-refractivity contribution in [1.29, 1.82) is 0 Å². The van der Waals surface area contributed by atoms with Crippen molar-refractivity contribution in [3.05, 3.63) is 53.3 Å². The molecule has 3 aliphatic rings. The molecule has 1 aromatic carbocycles. The summed E-state index contributed by atoms with van der Waals surface area (Å²) in [6, 6.07) is 5.47. The molecular formula is C21H22ClFN4O4. The molecule has 3 aliphatic carbocycles. The van der Waals surface area contributed by atoms with Crippen LogP contribution in [0.15, 0.2) is 36.8 Å². The Morgan fingerprint density at radius 1 is 1.23 bits per heavy atom. The number of nitrogens with zero attached hydrogens (tertiary/aromatic N) is 2. The van der Waals surface area contributed by atoms with E-state index in [9.17, 15) is 19.1 Å². The molecule has 164 valence electrons. The number of halogens is 2. The van der Waals surface area contributed by atoms with Gasteiger partial charge in [-0.1, -0.05) is 11.6 Å². The lowest BCUT2D eigenvalue weighted by atomic mass is 9.60. The lowest BCUT2D eigenvalue weighted by Gasteiger charge is -2.56. The van der Waals surface area contributed by atoms with Gasteiger partial charge in [0.05, 0.1) is 16.7 Å². The van der Waals surface area contributed by atoms with Crippen molar-refractivity contribution in [3.63, 3.8) is 0 Å². The average Bonchev–Trinajstić information content (AvgIpc) is 2.76. The Morgan fingerprint density at radius 2 is 2.00 bits per heavy atom. The highest BCUT2D eigenvalue weighted by molar-refractivity contribution is 6.30. The SMILES string of the molecule is O=C(COc1ccc(Cl)c(F)c1)NC12CCC(NC(=O)c3ccncn3)(CC1)[C@@H](O)C2. The summed E-state index contributed by atoms with van der Waals surface area (Å²) in [6.45, 7) is -0.283. The number of nitrogens with one attached hydrogen (secondary N) is 2. The second-order valence-corrected chi connectivity index (χ2v) is 8.53. The van der Waals surface area contributed by atoms with E-state index < -0.39 is 23.0 Å². The van der Waals surface area contributed by atoms with Gasteiger partial charge in [-0.3, -0.25) is 9.59 Å². The van der Waals surface area contributed by atoms with Gasteiger partial charge in [0.15, 0.2) is 6.61 Å². The summed E-state index contributed by atoms with van der Waals surface area (Å²) in [5.74, 6) is -1.14. The van der Waals surface area contributed by atoms with Crippen LogP contribution in [0.1, 0.15) is 42.6 Å². The minimum atomic E-state index is -0.813. The summed E-state index contributed by atoms with van der Waals surface area (Å²) in [6.07, 6.45) is 4.55. The summed E-state index contributed by atoms with van der Waals surface area (Å²) in [4.78, 5) is 32.7. The highest BCUT2D eigenvalue weighted by Gasteiger charge is 2.55. The van der Waals surface area contributed by atoms with E-state index in [0.717, 1.165) is 6.07 Å². The molecule has 10 heteroatoms. The van der Waals surface area contributed by atoms with E-state index in [4.69, 9.17) is 16.3 Å². The average molecular weight is 449 g/mol. The second kappa shape index (κ2) is 8.39. The smallest absolute Gasteiger partial charge is 0.270 e. The first-order valence-electron chi connectivity index (χ1n) is 9.96. The van der Waals surface area contributed by atoms with Crippen LogP contribution in [0.25, 0.3) is 0 Å². The molecule has 3 fully saturated rings. The molecule has 3 N–H and O–H groups in total. The van der Waals surface area contributed by atoms with E-state index in [1.165, 1.54) is 30.7 Å². The molecule has 31 heavy (non-hydrogen) atoms. The quantitative estimate of drug-likeness (QED) is 0.623. The van der Waals surface area contributed by atoms with Crippen LogP contribution in [0.2, 0.25) is 5.02 Å². The van der Waals surface area contributed by atoms with E-state index in [1.54, 1.807) is 0 Å². The molecule has 2 bridgehead atoms. The fourth-order valence-corrected chi connectivity index (χ4v) is 4.54. The van der Waals surface area contributed by atoms with Gasteiger partial charge in [-0.2, -0.15) is 0 Å². The topological polar surface area (TPSA) is 113 Å². The normalized spacial score (nSPS) is 26.9. The molecule has 1 atom stereocenters. The second-order valence-electron chi connectivity index (χ2n) is 8.12. The Bertz CT molecular complexity index is 983. The van der Waals surface area contributed by atoms with Crippen molar-refractivity contribution in [1.82, 2.24) is 20.6 Å². The number of benzene rings is 1. The van der Waals surface area contributed by atoms with Crippen molar-refractivity contribution in [2.24, 2.45) is 0 Å². The number of rotatable bonds is 6. The Hall–Kier alpha value is -2.78. The molecule has 1 heterocycles. The lowest BCUT2D eigenvalue weighted by molar-refractivity contribution is -0.129. The molecular weight excluding hydrogens is 427 g/mol. The van der Waals surface area contributed by atoms with Gasteiger partial charge in [-0.05, 0) is 50.3 Å². The van der Waals surface area contributed by atoms with Crippen molar-refractivity contribution < 1.29 is 23.8 Å². The van der Waals surface area contributed by atoms with Gasteiger partial charge in [-0.25, -0.2) is 14.4 Å². The molecule has 5 rings (SSSR count). The Kier molecular flexibility index (Phi) is 5.81. The van der Waals surface area contributed by atoms with Crippen LogP contribution >= 0.6 is 11.6 Å². The molecule has 0 spiro atoms. The fraction of sp³-hybridized carbons (Fsp3) is 0.429. The number of aromatic nitrogens is 2. The minimum Gasteiger partial charge on any atom is -0.484 e. The molecule has 0 saturated heterocycles. The van der Waals surface area contributed by atoms with Crippen molar-refractivity contribution >= 4 is 23.4 Å². The van der Waals surface area contributed by atoms with Gasteiger partial charge in [-0.15, -0.1) is 0 Å². The monoisotopic (exact) mass is 448 g/mol. The van der Waals surface area contributed by atoms with Gasteiger partial charge in [0.1, 0.15) is 23.6 Å². The molecule has 3 saturated carbocycles. The summed E-state index contributed by atoms with van der Waals surface area (Å²) in [5, 5.41) is 16.7. The van der Waals surface area contributed by atoms with Crippen molar-refractivity contribution in [2.45, 2.75) is 49.3 Å². The zero-order valence-electron chi connectivity index (χ0n) is 16.6. The number of amides is 2. The van der Waals surface area contributed by atoms with Gasteiger partial charge in [0.2, 0.25) is 0 Å². The maximum absolute atomic E-state index is 13.5. The van der Waals surface area contributed by atoms with Crippen LogP contribution in [0.3, 0.4) is 0 Å². The van der Waals surface area contributed by atoms with E-state index >= 15 is 0 Å². The Labute approximate surface area is 183 Å². The summed E-state index contributed by atoms with van der Waals surface area (Å²) < 4.78 is 18.9. The maximum Gasteiger partial charge on any atom is 0.270 e. The van der Waals surface area contributed by atoms with Gasteiger partial charge in [0, 0.05) is 17.8 Å². The number of fused-ring (bicyclic) bond motifs is 3.